The van der Waals surface area contributed by atoms with Gasteiger partial charge in [-0.1, -0.05) is 19.9 Å². The van der Waals surface area contributed by atoms with Crippen molar-refractivity contribution in [3.63, 3.8) is 0 Å². The van der Waals surface area contributed by atoms with Crippen molar-refractivity contribution >= 4 is 5.65 Å². The van der Waals surface area contributed by atoms with Crippen molar-refractivity contribution in [2.24, 2.45) is 0 Å². The van der Waals surface area contributed by atoms with E-state index in [0.29, 0.717) is 13.2 Å². The topological polar surface area (TPSA) is 50.0 Å². The van der Waals surface area contributed by atoms with Gasteiger partial charge < -0.3 is 19.1 Å². The fourth-order valence-electron chi connectivity index (χ4n) is 3.48. The average Bonchev–Trinajstić information content (AvgIpc) is 3.13. The summed E-state index contributed by atoms with van der Waals surface area (Å²) in [5.74, 6) is 0.764. The van der Waals surface area contributed by atoms with Crippen LogP contribution in [0.1, 0.15) is 32.3 Å². The Balaban J connectivity index is 1.58. The van der Waals surface area contributed by atoms with Gasteiger partial charge in [0.2, 0.25) is 0 Å². The largest absolute Gasteiger partial charge is 0.491 e. The standard InChI is InChI=1S/C23H31N3O2/c1-4-12-25(13-5-2)15-20(27)17-28-21-10-8-19(9-11-21)22-16-26-14-6-7-18(3)23(26)24-22/h6-11,14,16,20,27H,4-5,12-13,15,17H2,1-3H3. The number of nitrogens with zero attached hydrogens (tertiary/aromatic N) is 3. The lowest BCUT2D eigenvalue weighted by molar-refractivity contribution is 0.0681. The molecule has 1 N–H and O–H groups in total. The summed E-state index contributed by atoms with van der Waals surface area (Å²) in [7, 11) is 0. The predicted molar refractivity (Wildman–Crippen MR) is 114 cm³/mol. The Kier molecular flexibility index (Phi) is 7.06. The average molecular weight is 382 g/mol. The van der Waals surface area contributed by atoms with Crippen LogP contribution in [0.5, 0.6) is 5.75 Å². The molecule has 0 radical (unpaired) electrons. The Morgan fingerprint density at radius 2 is 1.82 bits per heavy atom. The van der Waals surface area contributed by atoms with Crippen molar-refractivity contribution in [1.29, 1.82) is 0 Å². The molecule has 2 heterocycles. The smallest absolute Gasteiger partial charge is 0.140 e. The molecular weight excluding hydrogens is 350 g/mol. The molecule has 0 spiro atoms. The maximum Gasteiger partial charge on any atom is 0.140 e. The fraction of sp³-hybridized carbons (Fsp3) is 0.435. The summed E-state index contributed by atoms with van der Waals surface area (Å²) in [5, 5.41) is 10.3. The van der Waals surface area contributed by atoms with Crippen LogP contribution in [-0.4, -0.2) is 51.7 Å². The Morgan fingerprint density at radius 1 is 1.11 bits per heavy atom. The molecular formula is C23H31N3O2. The summed E-state index contributed by atoms with van der Waals surface area (Å²) in [5.41, 5.74) is 4.12. The predicted octanol–water partition coefficient (Wildman–Crippen LogP) is 4.17. The van der Waals surface area contributed by atoms with Crippen molar-refractivity contribution in [3.05, 3.63) is 54.4 Å². The van der Waals surface area contributed by atoms with Gasteiger partial charge in [-0.15, -0.1) is 0 Å². The van der Waals surface area contributed by atoms with E-state index >= 15 is 0 Å². The molecule has 5 heteroatoms. The number of ether oxygens (including phenoxy) is 1. The van der Waals surface area contributed by atoms with Gasteiger partial charge in [-0.25, -0.2) is 4.98 Å². The zero-order chi connectivity index (χ0) is 19.9. The molecule has 28 heavy (non-hydrogen) atoms. The Hall–Kier alpha value is -2.37. The zero-order valence-corrected chi connectivity index (χ0v) is 17.1. The molecule has 0 aliphatic rings. The molecule has 1 atom stereocenters. The van der Waals surface area contributed by atoms with Gasteiger partial charge in [0.05, 0.1) is 5.69 Å². The summed E-state index contributed by atoms with van der Waals surface area (Å²) in [6, 6.07) is 12.0. The van der Waals surface area contributed by atoms with Crippen molar-refractivity contribution in [1.82, 2.24) is 14.3 Å². The van der Waals surface area contributed by atoms with Crippen LogP contribution in [-0.2, 0) is 0 Å². The molecule has 0 aliphatic heterocycles. The van der Waals surface area contributed by atoms with Gasteiger partial charge in [-0.2, -0.15) is 0 Å². The highest BCUT2D eigenvalue weighted by Gasteiger charge is 2.12. The number of pyridine rings is 1. The van der Waals surface area contributed by atoms with E-state index in [1.54, 1.807) is 0 Å². The van der Waals surface area contributed by atoms with Gasteiger partial charge in [0.1, 0.15) is 24.1 Å². The van der Waals surface area contributed by atoms with Crippen molar-refractivity contribution < 1.29 is 9.84 Å². The molecule has 1 unspecified atom stereocenters. The van der Waals surface area contributed by atoms with Crippen LogP contribution in [0.4, 0.5) is 0 Å². The molecule has 5 nitrogen and oxygen atoms in total. The molecule has 3 rings (SSSR count). The van der Waals surface area contributed by atoms with E-state index in [2.05, 4.69) is 31.7 Å². The van der Waals surface area contributed by atoms with Crippen molar-refractivity contribution in [2.75, 3.05) is 26.2 Å². The van der Waals surface area contributed by atoms with Gasteiger partial charge in [-0.05, 0) is 68.8 Å². The molecule has 150 valence electrons. The molecule has 2 aromatic heterocycles. The summed E-state index contributed by atoms with van der Waals surface area (Å²) >= 11 is 0. The third kappa shape index (κ3) is 5.12. The molecule has 0 amide bonds. The minimum Gasteiger partial charge on any atom is -0.491 e. The SMILES string of the molecule is CCCN(CCC)CC(O)COc1ccc(-c2cn3cccc(C)c3n2)cc1. The Morgan fingerprint density at radius 3 is 2.46 bits per heavy atom. The number of aliphatic hydroxyl groups excluding tert-OH is 1. The van der Waals surface area contributed by atoms with Gasteiger partial charge in [0.25, 0.3) is 0 Å². The van der Waals surface area contributed by atoms with Crippen LogP contribution in [0.3, 0.4) is 0 Å². The second-order valence-corrected chi connectivity index (χ2v) is 7.34. The molecule has 0 saturated heterocycles. The lowest BCUT2D eigenvalue weighted by Gasteiger charge is -2.24. The summed E-state index contributed by atoms with van der Waals surface area (Å²) in [4.78, 5) is 7.02. The molecule has 0 saturated carbocycles. The minimum atomic E-state index is -0.487. The number of fused-ring (bicyclic) bond motifs is 1. The highest BCUT2D eigenvalue weighted by atomic mass is 16.5. The summed E-state index contributed by atoms with van der Waals surface area (Å²) < 4.78 is 7.84. The van der Waals surface area contributed by atoms with E-state index in [0.717, 1.165) is 54.1 Å². The number of aromatic nitrogens is 2. The number of hydrogen-bond donors (Lipinski definition) is 1. The number of aliphatic hydroxyl groups is 1. The lowest BCUT2D eigenvalue weighted by atomic mass is 10.1. The van der Waals surface area contributed by atoms with Gasteiger partial charge >= 0.3 is 0 Å². The van der Waals surface area contributed by atoms with E-state index in [1.165, 1.54) is 0 Å². The maximum absolute atomic E-state index is 10.3. The van der Waals surface area contributed by atoms with Gasteiger partial charge in [0, 0.05) is 24.5 Å². The first-order valence-electron chi connectivity index (χ1n) is 10.2. The van der Waals surface area contributed by atoms with Gasteiger partial charge in [-0.3, -0.25) is 0 Å². The summed E-state index contributed by atoms with van der Waals surface area (Å²) in [6.45, 7) is 9.37. The van der Waals surface area contributed by atoms with E-state index in [1.807, 2.05) is 47.1 Å². The lowest BCUT2D eigenvalue weighted by Crippen LogP contribution is -2.36. The first kappa shape index (κ1) is 20.4. The highest BCUT2D eigenvalue weighted by Crippen LogP contribution is 2.23. The van der Waals surface area contributed by atoms with E-state index in [9.17, 15) is 5.11 Å². The van der Waals surface area contributed by atoms with Crippen LogP contribution in [0.2, 0.25) is 0 Å². The van der Waals surface area contributed by atoms with E-state index < -0.39 is 6.10 Å². The molecule has 3 aromatic rings. The van der Waals surface area contributed by atoms with E-state index in [-0.39, 0.29) is 0 Å². The summed E-state index contributed by atoms with van der Waals surface area (Å²) in [6.07, 6.45) is 5.75. The number of hydrogen-bond acceptors (Lipinski definition) is 4. The number of aryl methyl sites for hydroxylation is 1. The third-order valence-electron chi connectivity index (χ3n) is 4.82. The minimum absolute atomic E-state index is 0.302. The van der Waals surface area contributed by atoms with Crippen LogP contribution in [0.25, 0.3) is 16.9 Å². The highest BCUT2D eigenvalue weighted by molar-refractivity contribution is 5.64. The van der Waals surface area contributed by atoms with E-state index in [4.69, 9.17) is 9.72 Å². The fourth-order valence-corrected chi connectivity index (χ4v) is 3.48. The Labute approximate surface area is 167 Å². The number of benzene rings is 1. The van der Waals surface area contributed by atoms with Crippen LogP contribution < -0.4 is 4.74 Å². The van der Waals surface area contributed by atoms with Crippen LogP contribution >= 0.6 is 0 Å². The van der Waals surface area contributed by atoms with Crippen molar-refractivity contribution in [2.45, 2.75) is 39.7 Å². The zero-order valence-electron chi connectivity index (χ0n) is 17.1. The second kappa shape index (κ2) is 9.71. The molecule has 1 aromatic carbocycles. The first-order chi connectivity index (χ1) is 13.6. The van der Waals surface area contributed by atoms with Crippen molar-refractivity contribution in [3.8, 4) is 17.0 Å². The molecule has 0 fully saturated rings. The third-order valence-corrected chi connectivity index (χ3v) is 4.82. The maximum atomic E-state index is 10.3. The quantitative estimate of drug-likeness (QED) is 0.573. The number of imidazole rings is 1. The number of rotatable bonds is 10. The molecule has 0 aliphatic carbocycles. The first-order valence-corrected chi connectivity index (χ1v) is 10.2. The second-order valence-electron chi connectivity index (χ2n) is 7.34. The normalized spacial score (nSPS) is 12.6. The van der Waals surface area contributed by atoms with Crippen LogP contribution in [0, 0.1) is 6.92 Å². The van der Waals surface area contributed by atoms with Gasteiger partial charge in [0.15, 0.2) is 0 Å². The monoisotopic (exact) mass is 381 g/mol. The van der Waals surface area contributed by atoms with Crippen LogP contribution in [0.15, 0.2) is 48.8 Å². The molecule has 0 bridgehead atoms. The Bertz CT molecular complexity index is 867.